The van der Waals surface area contributed by atoms with Crippen LogP contribution in [0.2, 0.25) is 10.0 Å². The summed E-state index contributed by atoms with van der Waals surface area (Å²) in [7, 11) is 0. The normalized spacial score (nSPS) is 14.2. The van der Waals surface area contributed by atoms with E-state index in [0.29, 0.717) is 29.6 Å². The predicted octanol–water partition coefficient (Wildman–Crippen LogP) is 2.84. The Kier molecular flexibility index (Phi) is 3.68. The van der Waals surface area contributed by atoms with E-state index >= 15 is 0 Å². The fourth-order valence-corrected chi connectivity index (χ4v) is 3.00. The summed E-state index contributed by atoms with van der Waals surface area (Å²) in [5.74, 6) is 0.0728. The summed E-state index contributed by atoms with van der Waals surface area (Å²) in [6.07, 6.45) is 2.78. The standard InChI is InChI=1S/C14H13Cl2N3O/c15-10-3-9(4-11(16)6-10)5-14(20)19-2-1-12-13(7-19)18-8-17-12/h3-4,6,8H,1-2,5,7H2,(H,17,18). The molecular formula is C14H13Cl2N3O. The van der Waals surface area contributed by atoms with Gasteiger partial charge in [0.15, 0.2) is 0 Å². The van der Waals surface area contributed by atoms with Gasteiger partial charge < -0.3 is 9.88 Å². The summed E-state index contributed by atoms with van der Waals surface area (Å²) in [6, 6.07) is 5.21. The zero-order valence-electron chi connectivity index (χ0n) is 10.7. The second-order valence-corrected chi connectivity index (χ2v) is 5.72. The number of rotatable bonds is 2. The number of hydrogen-bond donors (Lipinski definition) is 1. The topological polar surface area (TPSA) is 49.0 Å². The molecule has 1 N–H and O–H groups in total. The number of nitrogens with zero attached hydrogens (tertiary/aromatic N) is 2. The third-order valence-corrected chi connectivity index (χ3v) is 3.84. The highest BCUT2D eigenvalue weighted by atomic mass is 35.5. The lowest BCUT2D eigenvalue weighted by Gasteiger charge is -2.26. The molecule has 1 aromatic carbocycles. The van der Waals surface area contributed by atoms with Gasteiger partial charge in [0.25, 0.3) is 0 Å². The molecule has 1 aromatic heterocycles. The molecular weight excluding hydrogens is 297 g/mol. The van der Waals surface area contributed by atoms with Crippen LogP contribution in [0.1, 0.15) is 17.0 Å². The van der Waals surface area contributed by atoms with Crippen LogP contribution in [0.4, 0.5) is 0 Å². The van der Waals surface area contributed by atoms with Crippen LogP contribution in [0.15, 0.2) is 24.5 Å². The minimum absolute atomic E-state index is 0.0728. The molecule has 1 amide bonds. The molecule has 0 aliphatic carbocycles. The third kappa shape index (κ3) is 2.81. The summed E-state index contributed by atoms with van der Waals surface area (Å²) in [5.41, 5.74) is 2.91. The lowest BCUT2D eigenvalue weighted by Crippen LogP contribution is -2.37. The number of fused-ring (bicyclic) bond motifs is 1. The van der Waals surface area contributed by atoms with Gasteiger partial charge in [-0.25, -0.2) is 4.98 Å². The summed E-state index contributed by atoms with van der Waals surface area (Å²) in [6.45, 7) is 1.29. The molecule has 2 aromatic rings. The number of aromatic amines is 1. The van der Waals surface area contributed by atoms with Crippen molar-refractivity contribution in [2.75, 3.05) is 6.54 Å². The Balaban J connectivity index is 1.71. The maximum absolute atomic E-state index is 12.3. The molecule has 6 heteroatoms. The lowest BCUT2D eigenvalue weighted by atomic mass is 10.1. The quantitative estimate of drug-likeness (QED) is 0.927. The van der Waals surface area contributed by atoms with Gasteiger partial charge in [-0.05, 0) is 23.8 Å². The Hall–Kier alpha value is -1.52. The first-order chi connectivity index (χ1) is 9.61. The van der Waals surface area contributed by atoms with Crippen LogP contribution in [-0.4, -0.2) is 27.3 Å². The van der Waals surface area contributed by atoms with Crippen LogP contribution in [0.3, 0.4) is 0 Å². The van der Waals surface area contributed by atoms with E-state index in [4.69, 9.17) is 23.2 Å². The van der Waals surface area contributed by atoms with E-state index < -0.39 is 0 Å². The number of amides is 1. The number of imidazole rings is 1. The fourth-order valence-electron chi connectivity index (χ4n) is 2.42. The second-order valence-electron chi connectivity index (χ2n) is 4.85. The molecule has 1 aliphatic heterocycles. The highest BCUT2D eigenvalue weighted by molar-refractivity contribution is 6.34. The third-order valence-electron chi connectivity index (χ3n) is 3.41. The first kappa shape index (κ1) is 13.5. The average molecular weight is 310 g/mol. The van der Waals surface area contributed by atoms with Crippen molar-refractivity contribution in [2.24, 2.45) is 0 Å². The van der Waals surface area contributed by atoms with E-state index in [0.717, 1.165) is 23.4 Å². The molecule has 2 heterocycles. The number of H-pyrrole nitrogens is 1. The Morgan fingerprint density at radius 3 is 2.80 bits per heavy atom. The van der Waals surface area contributed by atoms with Crippen molar-refractivity contribution in [3.05, 3.63) is 51.5 Å². The molecule has 0 radical (unpaired) electrons. The molecule has 0 spiro atoms. The molecule has 0 saturated heterocycles. The summed E-state index contributed by atoms with van der Waals surface area (Å²) in [4.78, 5) is 21.5. The van der Waals surface area contributed by atoms with Gasteiger partial charge in [0.1, 0.15) is 0 Å². The molecule has 3 rings (SSSR count). The van der Waals surface area contributed by atoms with Crippen LogP contribution in [0, 0.1) is 0 Å². The van der Waals surface area contributed by atoms with Crippen LogP contribution in [0.25, 0.3) is 0 Å². The first-order valence-corrected chi connectivity index (χ1v) is 7.11. The van der Waals surface area contributed by atoms with Crippen LogP contribution < -0.4 is 0 Å². The molecule has 4 nitrogen and oxygen atoms in total. The van der Waals surface area contributed by atoms with Crippen molar-refractivity contribution in [1.29, 1.82) is 0 Å². The summed E-state index contributed by atoms with van der Waals surface area (Å²) >= 11 is 11.9. The Bertz CT molecular complexity index is 633. The van der Waals surface area contributed by atoms with Gasteiger partial charge in [0.2, 0.25) is 5.91 Å². The zero-order valence-corrected chi connectivity index (χ0v) is 12.2. The van der Waals surface area contributed by atoms with E-state index in [1.807, 2.05) is 4.90 Å². The van der Waals surface area contributed by atoms with Gasteiger partial charge in [0.05, 0.1) is 30.7 Å². The molecule has 104 valence electrons. The summed E-state index contributed by atoms with van der Waals surface area (Å²) < 4.78 is 0. The van der Waals surface area contributed by atoms with Gasteiger partial charge in [-0.3, -0.25) is 4.79 Å². The van der Waals surface area contributed by atoms with Crippen molar-refractivity contribution in [2.45, 2.75) is 19.4 Å². The van der Waals surface area contributed by atoms with Gasteiger partial charge >= 0.3 is 0 Å². The van der Waals surface area contributed by atoms with Crippen LogP contribution in [-0.2, 0) is 24.2 Å². The molecule has 0 atom stereocenters. The highest BCUT2D eigenvalue weighted by Crippen LogP contribution is 2.21. The van der Waals surface area contributed by atoms with Crippen molar-refractivity contribution >= 4 is 29.1 Å². The predicted molar refractivity (Wildman–Crippen MR) is 77.9 cm³/mol. The number of halogens is 2. The van der Waals surface area contributed by atoms with Crippen molar-refractivity contribution < 1.29 is 4.79 Å². The van der Waals surface area contributed by atoms with E-state index in [-0.39, 0.29) is 5.91 Å². The molecule has 1 aliphatic rings. The molecule has 20 heavy (non-hydrogen) atoms. The van der Waals surface area contributed by atoms with Crippen molar-refractivity contribution in [1.82, 2.24) is 14.9 Å². The maximum atomic E-state index is 12.3. The van der Waals surface area contributed by atoms with E-state index in [1.54, 1.807) is 24.5 Å². The molecule has 0 saturated carbocycles. The zero-order chi connectivity index (χ0) is 14.1. The lowest BCUT2D eigenvalue weighted by molar-refractivity contribution is -0.131. The SMILES string of the molecule is O=C(Cc1cc(Cl)cc(Cl)c1)N1CCc2nc[nH]c2C1. The number of carbonyl (C=O) groups excluding carboxylic acids is 1. The van der Waals surface area contributed by atoms with Gasteiger partial charge in [0, 0.05) is 23.0 Å². The monoisotopic (exact) mass is 309 g/mol. The van der Waals surface area contributed by atoms with Crippen molar-refractivity contribution in [3.63, 3.8) is 0 Å². The van der Waals surface area contributed by atoms with E-state index in [1.165, 1.54) is 0 Å². The number of aromatic nitrogens is 2. The van der Waals surface area contributed by atoms with Crippen molar-refractivity contribution in [3.8, 4) is 0 Å². The first-order valence-electron chi connectivity index (χ1n) is 6.35. The second kappa shape index (κ2) is 5.46. The average Bonchev–Trinajstić information content (AvgIpc) is 2.84. The summed E-state index contributed by atoms with van der Waals surface area (Å²) in [5, 5.41) is 1.10. The van der Waals surface area contributed by atoms with E-state index in [9.17, 15) is 4.79 Å². The fraction of sp³-hybridized carbons (Fsp3) is 0.286. The number of benzene rings is 1. The Labute approximate surface area is 126 Å². The van der Waals surface area contributed by atoms with Gasteiger partial charge in [-0.1, -0.05) is 23.2 Å². The van der Waals surface area contributed by atoms with Crippen LogP contribution in [0.5, 0.6) is 0 Å². The minimum atomic E-state index is 0.0728. The molecule has 0 bridgehead atoms. The van der Waals surface area contributed by atoms with Gasteiger partial charge in [-0.15, -0.1) is 0 Å². The van der Waals surface area contributed by atoms with Gasteiger partial charge in [-0.2, -0.15) is 0 Å². The highest BCUT2D eigenvalue weighted by Gasteiger charge is 2.22. The minimum Gasteiger partial charge on any atom is -0.347 e. The number of carbonyl (C=O) groups is 1. The van der Waals surface area contributed by atoms with E-state index in [2.05, 4.69) is 9.97 Å². The Morgan fingerprint density at radius 2 is 2.05 bits per heavy atom. The number of nitrogens with one attached hydrogen (secondary N) is 1. The Morgan fingerprint density at radius 1 is 1.30 bits per heavy atom. The maximum Gasteiger partial charge on any atom is 0.227 e. The number of hydrogen-bond acceptors (Lipinski definition) is 2. The largest absolute Gasteiger partial charge is 0.347 e. The molecule has 0 fully saturated rings. The van der Waals surface area contributed by atoms with Crippen LogP contribution >= 0.6 is 23.2 Å². The smallest absolute Gasteiger partial charge is 0.227 e. The molecule has 0 unspecified atom stereocenters.